The number of carbonyl (C=O) groups excluding carboxylic acids is 2. The van der Waals surface area contributed by atoms with E-state index in [0.717, 1.165) is 37.8 Å². The molecule has 0 radical (unpaired) electrons. The van der Waals surface area contributed by atoms with Crippen LogP contribution >= 0.6 is 0 Å². The van der Waals surface area contributed by atoms with E-state index in [-0.39, 0.29) is 5.91 Å². The summed E-state index contributed by atoms with van der Waals surface area (Å²) in [6, 6.07) is 6.72. The van der Waals surface area contributed by atoms with Crippen LogP contribution in [0.4, 0.5) is 0 Å². The fourth-order valence-electron chi connectivity index (χ4n) is 2.66. The largest absolute Gasteiger partial charge is 0.449 e. The Hall–Kier alpha value is -1.93. The molecule has 7 nitrogen and oxygen atoms in total. The first kappa shape index (κ1) is 19.4. The second-order valence-electron chi connectivity index (χ2n) is 6.19. The Labute approximate surface area is 148 Å². The van der Waals surface area contributed by atoms with Crippen molar-refractivity contribution in [3.05, 3.63) is 35.4 Å². The zero-order valence-electron chi connectivity index (χ0n) is 14.5. The van der Waals surface area contributed by atoms with Crippen molar-refractivity contribution >= 4 is 21.9 Å². The van der Waals surface area contributed by atoms with E-state index in [1.54, 1.807) is 36.1 Å². The predicted octanol–water partition coefficient (Wildman–Crippen LogP) is 0.946. The minimum absolute atomic E-state index is 0.158. The van der Waals surface area contributed by atoms with Crippen molar-refractivity contribution in [2.75, 3.05) is 25.9 Å². The summed E-state index contributed by atoms with van der Waals surface area (Å²) in [7, 11) is -3.20. The lowest BCUT2D eigenvalue weighted by molar-refractivity contribution is -0.138. The van der Waals surface area contributed by atoms with Crippen molar-refractivity contribution < 1.29 is 22.7 Å². The Bertz CT molecular complexity index is 709. The van der Waals surface area contributed by atoms with E-state index in [0.29, 0.717) is 18.5 Å². The Morgan fingerprint density at radius 2 is 1.80 bits per heavy atom. The number of rotatable bonds is 7. The van der Waals surface area contributed by atoms with Gasteiger partial charge in [-0.25, -0.2) is 17.9 Å². The van der Waals surface area contributed by atoms with Crippen molar-refractivity contribution in [3.8, 4) is 0 Å². The standard InChI is InChI=1S/C17H24N2O5S/c1-13(16(20)19-11-3-4-12-19)24-17(21)15-7-5-14(6-8-15)9-10-18-25(2,22)23/h5-8,13,18H,3-4,9-12H2,1-2H3/t13-/m0/s1. The van der Waals surface area contributed by atoms with Gasteiger partial charge in [0.25, 0.3) is 5.91 Å². The number of carbonyl (C=O) groups is 2. The van der Waals surface area contributed by atoms with Gasteiger partial charge in [-0.3, -0.25) is 4.79 Å². The molecule has 138 valence electrons. The number of hydrogen-bond donors (Lipinski definition) is 1. The van der Waals surface area contributed by atoms with Gasteiger partial charge in [-0.2, -0.15) is 0 Å². The van der Waals surface area contributed by atoms with E-state index in [4.69, 9.17) is 4.74 Å². The molecular weight excluding hydrogens is 344 g/mol. The maximum atomic E-state index is 12.2. The molecule has 1 amide bonds. The summed E-state index contributed by atoms with van der Waals surface area (Å²) in [5, 5.41) is 0. The summed E-state index contributed by atoms with van der Waals surface area (Å²) in [5.74, 6) is -0.699. The molecule has 1 atom stereocenters. The highest BCUT2D eigenvalue weighted by atomic mass is 32.2. The van der Waals surface area contributed by atoms with Gasteiger partial charge in [0.15, 0.2) is 6.10 Å². The van der Waals surface area contributed by atoms with Crippen molar-refractivity contribution in [2.45, 2.75) is 32.3 Å². The average Bonchev–Trinajstić information content (AvgIpc) is 3.07. The number of nitrogens with one attached hydrogen (secondary N) is 1. The maximum Gasteiger partial charge on any atom is 0.338 e. The third-order valence-corrected chi connectivity index (χ3v) is 4.75. The molecule has 2 rings (SSSR count). The smallest absolute Gasteiger partial charge is 0.338 e. The van der Waals surface area contributed by atoms with Crippen LogP contribution in [-0.2, 0) is 26.0 Å². The van der Waals surface area contributed by atoms with Crippen LogP contribution in [0.15, 0.2) is 24.3 Å². The minimum atomic E-state index is -3.20. The van der Waals surface area contributed by atoms with Gasteiger partial charge in [0, 0.05) is 19.6 Å². The lowest BCUT2D eigenvalue weighted by atomic mass is 10.1. The summed E-state index contributed by atoms with van der Waals surface area (Å²) >= 11 is 0. The molecule has 1 aromatic rings. The van der Waals surface area contributed by atoms with Gasteiger partial charge in [-0.05, 0) is 43.9 Å². The molecule has 1 aliphatic heterocycles. The van der Waals surface area contributed by atoms with Crippen LogP contribution < -0.4 is 4.72 Å². The van der Waals surface area contributed by atoms with Crippen LogP contribution in [0.3, 0.4) is 0 Å². The molecule has 8 heteroatoms. The zero-order valence-corrected chi connectivity index (χ0v) is 15.3. The zero-order chi connectivity index (χ0) is 18.4. The van der Waals surface area contributed by atoms with Crippen LogP contribution in [-0.4, -0.2) is 57.2 Å². The SMILES string of the molecule is C[C@H](OC(=O)c1ccc(CCNS(C)(=O)=O)cc1)C(=O)N1CCCC1. The van der Waals surface area contributed by atoms with E-state index in [1.165, 1.54) is 0 Å². The molecule has 1 heterocycles. The van der Waals surface area contributed by atoms with Crippen LogP contribution in [0, 0.1) is 0 Å². The first-order valence-electron chi connectivity index (χ1n) is 8.29. The molecule has 0 unspecified atom stereocenters. The lowest BCUT2D eigenvalue weighted by Crippen LogP contribution is -2.38. The summed E-state index contributed by atoms with van der Waals surface area (Å²) in [6.07, 6.45) is 2.80. The first-order chi connectivity index (χ1) is 11.8. The van der Waals surface area contributed by atoms with Crippen molar-refractivity contribution in [3.63, 3.8) is 0 Å². The van der Waals surface area contributed by atoms with Gasteiger partial charge >= 0.3 is 5.97 Å². The van der Waals surface area contributed by atoms with E-state index < -0.39 is 22.1 Å². The highest BCUT2D eigenvalue weighted by molar-refractivity contribution is 7.88. The fourth-order valence-corrected chi connectivity index (χ4v) is 3.13. The average molecular weight is 368 g/mol. The Kier molecular flexibility index (Phi) is 6.55. The van der Waals surface area contributed by atoms with Gasteiger partial charge in [-0.1, -0.05) is 12.1 Å². The predicted molar refractivity (Wildman–Crippen MR) is 93.7 cm³/mol. The third-order valence-electron chi connectivity index (χ3n) is 4.02. The molecule has 0 spiro atoms. The fraction of sp³-hybridized carbons (Fsp3) is 0.529. The third kappa shape index (κ3) is 6.13. The molecule has 1 saturated heterocycles. The van der Waals surface area contributed by atoms with Crippen LogP contribution in [0.2, 0.25) is 0 Å². The van der Waals surface area contributed by atoms with Crippen molar-refractivity contribution in [1.29, 1.82) is 0 Å². The highest BCUT2D eigenvalue weighted by Crippen LogP contribution is 2.12. The van der Waals surface area contributed by atoms with Crippen molar-refractivity contribution in [1.82, 2.24) is 9.62 Å². The van der Waals surface area contributed by atoms with E-state index >= 15 is 0 Å². The molecule has 0 aromatic heterocycles. The van der Waals surface area contributed by atoms with E-state index in [1.807, 2.05) is 0 Å². The van der Waals surface area contributed by atoms with Gasteiger partial charge in [0.1, 0.15) is 0 Å². The number of benzene rings is 1. The Morgan fingerprint density at radius 1 is 1.20 bits per heavy atom. The normalized spacial score (nSPS) is 15.8. The number of ether oxygens (including phenoxy) is 1. The second-order valence-corrected chi connectivity index (χ2v) is 8.03. The van der Waals surface area contributed by atoms with Gasteiger partial charge in [0.05, 0.1) is 11.8 Å². The number of hydrogen-bond acceptors (Lipinski definition) is 5. The second kappa shape index (κ2) is 8.44. The molecule has 1 aliphatic rings. The van der Waals surface area contributed by atoms with Gasteiger partial charge in [0.2, 0.25) is 10.0 Å². The molecule has 0 aliphatic carbocycles. The molecule has 0 bridgehead atoms. The first-order valence-corrected chi connectivity index (χ1v) is 10.2. The topological polar surface area (TPSA) is 92.8 Å². The lowest BCUT2D eigenvalue weighted by Gasteiger charge is -2.20. The minimum Gasteiger partial charge on any atom is -0.449 e. The van der Waals surface area contributed by atoms with Crippen LogP contribution in [0.5, 0.6) is 0 Å². The molecule has 25 heavy (non-hydrogen) atoms. The number of amides is 1. The van der Waals surface area contributed by atoms with Gasteiger partial charge in [-0.15, -0.1) is 0 Å². The van der Waals surface area contributed by atoms with E-state index in [9.17, 15) is 18.0 Å². The number of esters is 1. The Balaban J connectivity index is 1.86. The van der Waals surface area contributed by atoms with Crippen molar-refractivity contribution in [2.24, 2.45) is 0 Å². The highest BCUT2D eigenvalue weighted by Gasteiger charge is 2.26. The van der Waals surface area contributed by atoms with Crippen LogP contribution in [0.25, 0.3) is 0 Å². The summed E-state index contributed by atoms with van der Waals surface area (Å²) in [6.45, 7) is 3.32. The monoisotopic (exact) mass is 368 g/mol. The number of sulfonamides is 1. The number of nitrogens with zero attached hydrogens (tertiary/aromatic N) is 1. The van der Waals surface area contributed by atoms with E-state index in [2.05, 4.69) is 4.72 Å². The molecule has 1 aromatic carbocycles. The molecule has 1 N–H and O–H groups in total. The number of likely N-dealkylation sites (tertiary alicyclic amines) is 1. The Morgan fingerprint density at radius 3 is 2.36 bits per heavy atom. The molecular formula is C17H24N2O5S. The van der Waals surface area contributed by atoms with Crippen LogP contribution in [0.1, 0.15) is 35.7 Å². The molecule has 1 fully saturated rings. The van der Waals surface area contributed by atoms with Gasteiger partial charge < -0.3 is 9.64 Å². The summed E-state index contributed by atoms with van der Waals surface area (Å²) in [4.78, 5) is 26.0. The molecule has 0 saturated carbocycles. The summed E-state index contributed by atoms with van der Waals surface area (Å²) < 4.78 is 29.7. The quantitative estimate of drug-likeness (QED) is 0.723. The maximum absolute atomic E-state index is 12.2. The summed E-state index contributed by atoms with van der Waals surface area (Å²) in [5.41, 5.74) is 1.26.